The molecule has 1 heterocycles. The molecule has 44 heavy (non-hydrogen) atoms. The monoisotopic (exact) mass is 711 g/mol. The van der Waals surface area contributed by atoms with Crippen LogP contribution in [-0.2, 0) is 19.3 Å². The first-order chi connectivity index (χ1) is 18.7. The molecule has 1 N–H and O–H groups in total. The topological polar surface area (TPSA) is 164 Å². The number of ether oxygens (including phenoxy) is 1. The van der Waals surface area contributed by atoms with E-state index in [1.165, 1.54) is 0 Å². The largest absolute Gasteiger partial charge is 2.00 e. The third-order valence-corrected chi connectivity index (χ3v) is 5.25. The molecule has 1 saturated heterocycles. The third-order valence-electron chi connectivity index (χ3n) is 5.25. The SMILES string of the molecule is C.C.C.CCN(CC)OCC[C@@H](C)N=[N+]=[N-].CCNCC.CC[N-]CC.C[C@H](CCOOC1(C)CCCCO1)N=[N+]=[N-].[Br-].[Mg+2]. The second-order valence-electron chi connectivity index (χ2n) is 8.79. The Labute approximate surface area is 298 Å². The molecule has 0 bridgehead atoms. The molecule has 0 spiro atoms. The van der Waals surface area contributed by atoms with Crippen LogP contribution in [0.4, 0.5) is 0 Å². The van der Waals surface area contributed by atoms with E-state index in [1.807, 2.05) is 53.5 Å². The minimum atomic E-state index is -0.611. The fourth-order valence-corrected chi connectivity index (χ4v) is 2.88. The summed E-state index contributed by atoms with van der Waals surface area (Å²) in [5, 5.41) is 16.1. The van der Waals surface area contributed by atoms with Gasteiger partial charge >= 0.3 is 23.1 Å². The summed E-state index contributed by atoms with van der Waals surface area (Å²) in [7, 11) is 0. The Morgan fingerprint density at radius 2 is 1.36 bits per heavy atom. The van der Waals surface area contributed by atoms with Crippen LogP contribution >= 0.6 is 0 Å². The van der Waals surface area contributed by atoms with Crippen LogP contribution in [0.5, 0.6) is 0 Å². The zero-order valence-corrected chi connectivity index (χ0v) is 30.4. The van der Waals surface area contributed by atoms with Gasteiger partial charge < -0.3 is 32.4 Å². The molecule has 1 aliphatic heterocycles. The zero-order chi connectivity index (χ0) is 30.2. The van der Waals surface area contributed by atoms with E-state index in [-0.39, 0.29) is 74.4 Å². The fraction of sp³-hybridized carbons (Fsp3) is 1.00. The molecule has 1 rings (SSSR count). The smallest absolute Gasteiger partial charge is 1.00 e. The van der Waals surface area contributed by atoms with Crippen LogP contribution in [0.25, 0.3) is 26.2 Å². The van der Waals surface area contributed by atoms with Crippen molar-refractivity contribution < 1.29 is 36.3 Å². The van der Waals surface area contributed by atoms with Crippen molar-refractivity contribution in [3.8, 4) is 0 Å². The molecule has 0 aromatic rings. The van der Waals surface area contributed by atoms with Crippen LogP contribution in [-0.4, -0.2) is 105 Å². The molecule has 0 aromatic heterocycles. The van der Waals surface area contributed by atoms with Crippen molar-refractivity contribution in [2.24, 2.45) is 10.2 Å². The maximum absolute atomic E-state index is 8.20. The van der Waals surface area contributed by atoms with Crippen LogP contribution in [0, 0.1) is 0 Å². The maximum atomic E-state index is 8.20. The first kappa shape index (κ1) is 62.4. The average Bonchev–Trinajstić information content (AvgIpc) is 2.92. The van der Waals surface area contributed by atoms with Crippen molar-refractivity contribution in [2.45, 2.75) is 135 Å². The molecule has 0 amide bonds. The minimum absolute atomic E-state index is 0. The number of hydroxylamine groups is 2. The number of hydrogen-bond donors (Lipinski definition) is 1. The molecule has 15 heteroatoms. The van der Waals surface area contributed by atoms with Gasteiger partial charge in [-0.1, -0.05) is 87.9 Å². The van der Waals surface area contributed by atoms with Gasteiger partial charge in [-0.2, -0.15) is 18.2 Å². The molecular weight excluding hydrogens is 643 g/mol. The van der Waals surface area contributed by atoms with E-state index >= 15 is 0 Å². The number of halogens is 1. The summed E-state index contributed by atoms with van der Waals surface area (Å²) in [5.41, 5.74) is 16.3. The standard InChI is InChI=1S/C10H19N3O3.C8H18N4O.C4H11N.C4H10N.3CH4.BrH.Mg/c1-9(12-13-11)5-8-15-16-10(2)6-3-4-7-14-10;1-4-12(5-2)13-7-6-8(3)10-11-9;2*1-3-5-4-2;;;;;/h9H,3-8H2,1-2H3;8H,4-7H2,1-3H3;5H,3-4H2,1-2H3;3-4H2,1-2H3;3*1H4;1H;/q;;;-1;;;;;+2/p-1/t9-,10?;8-;;;;;;;/m11......./s1. The van der Waals surface area contributed by atoms with Crippen LogP contribution < -0.4 is 22.3 Å². The number of rotatable bonds is 17. The first-order valence-electron chi connectivity index (χ1n) is 14.5. The van der Waals surface area contributed by atoms with E-state index in [0.29, 0.717) is 19.6 Å². The van der Waals surface area contributed by atoms with Gasteiger partial charge in [-0.15, -0.1) is 0 Å². The Morgan fingerprint density at radius 3 is 1.68 bits per heavy atom. The molecular formula is C29H70BrMgN9O4. The summed E-state index contributed by atoms with van der Waals surface area (Å²) < 4.78 is 5.49. The fourth-order valence-electron chi connectivity index (χ4n) is 2.88. The van der Waals surface area contributed by atoms with Gasteiger partial charge in [-0.3, -0.25) is 4.84 Å². The molecule has 0 saturated carbocycles. The zero-order valence-electron chi connectivity index (χ0n) is 27.3. The number of nitrogens with zero attached hydrogens (tertiary/aromatic N) is 8. The summed E-state index contributed by atoms with van der Waals surface area (Å²) in [6, 6.07) is -0.0609. The number of hydrogen-bond acceptors (Lipinski definition) is 8. The predicted molar refractivity (Wildman–Crippen MR) is 185 cm³/mol. The van der Waals surface area contributed by atoms with Crippen molar-refractivity contribution >= 4 is 23.1 Å². The Kier molecular flexibility index (Phi) is 70.2. The van der Waals surface area contributed by atoms with Crippen LogP contribution in [0.1, 0.15) is 117 Å². The molecule has 1 aliphatic rings. The molecule has 1 unspecified atom stereocenters. The predicted octanol–water partition coefficient (Wildman–Crippen LogP) is 5.84. The third kappa shape index (κ3) is 48.5. The van der Waals surface area contributed by atoms with Crippen molar-refractivity contribution in [3.63, 3.8) is 0 Å². The normalized spacial score (nSPS) is 15.5. The molecule has 13 nitrogen and oxygen atoms in total. The van der Waals surface area contributed by atoms with Gasteiger partial charge in [0.2, 0.25) is 0 Å². The summed E-state index contributed by atoms with van der Waals surface area (Å²) in [6.07, 6.45) is 4.42. The second kappa shape index (κ2) is 49.5. The van der Waals surface area contributed by atoms with E-state index in [4.69, 9.17) is 30.4 Å². The Balaban J connectivity index is -0.0000000698. The van der Waals surface area contributed by atoms with Gasteiger partial charge in [0, 0.05) is 41.4 Å². The molecule has 1 fully saturated rings. The van der Waals surface area contributed by atoms with E-state index in [2.05, 4.69) is 44.5 Å². The van der Waals surface area contributed by atoms with Crippen LogP contribution in [0.2, 0.25) is 0 Å². The number of nitrogens with one attached hydrogen (secondary N) is 1. The quantitative estimate of drug-likeness (QED) is 0.0379. The van der Waals surface area contributed by atoms with Gasteiger partial charge in [0.05, 0.1) is 19.8 Å². The van der Waals surface area contributed by atoms with Gasteiger partial charge in [0.1, 0.15) is 0 Å². The molecule has 0 aromatic carbocycles. The van der Waals surface area contributed by atoms with Gasteiger partial charge in [0.15, 0.2) is 5.79 Å². The van der Waals surface area contributed by atoms with Gasteiger partial charge in [-0.05, 0) is 56.8 Å². The molecule has 264 valence electrons. The van der Waals surface area contributed by atoms with E-state index in [0.717, 1.165) is 71.6 Å². The second-order valence-corrected chi connectivity index (χ2v) is 8.79. The van der Waals surface area contributed by atoms with Crippen molar-refractivity contribution in [1.29, 1.82) is 0 Å². The Bertz CT molecular complexity index is 599. The average molecular weight is 713 g/mol. The Hall–Kier alpha value is -0.414. The molecule has 3 atom stereocenters. The summed E-state index contributed by atoms with van der Waals surface area (Å²) in [4.78, 5) is 21.2. The van der Waals surface area contributed by atoms with Crippen molar-refractivity contribution in [1.82, 2.24) is 10.4 Å². The minimum Gasteiger partial charge on any atom is -1.00 e. The molecule has 0 radical (unpaired) electrons. The van der Waals surface area contributed by atoms with Crippen LogP contribution in [0.15, 0.2) is 10.2 Å². The van der Waals surface area contributed by atoms with E-state index < -0.39 is 5.79 Å². The summed E-state index contributed by atoms with van der Waals surface area (Å²) >= 11 is 0. The van der Waals surface area contributed by atoms with Gasteiger partial charge in [-0.25, -0.2) is 9.78 Å². The van der Waals surface area contributed by atoms with Crippen molar-refractivity contribution in [2.75, 3.05) is 59.1 Å². The van der Waals surface area contributed by atoms with Crippen LogP contribution in [0.3, 0.4) is 0 Å². The van der Waals surface area contributed by atoms with E-state index in [9.17, 15) is 0 Å². The van der Waals surface area contributed by atoms with Gasteiger partial charge in [0.25, 0.3) is 0 Å². The van der Waals surface area contributed by atoms with Crippen molar-refractivity contribution in [3.05, 3.63) is 26.2 Å². The Morgan fingerprint density at radius 1 is 0.886 bits per heavy atom. The summed E-state index contributed by atoms with van der Waals surface area (Å²) in [5.74, 6) is -0.611. The van der Waals surface area contributed by atoms with E-state index in [1.54, 1.807) is 0 Å². The maximum Gasteiger partial charge on any atom is 2.00 e. The molecule has 0 aliphatic carbocycles. The number of azide groups is 2. The summed E-state index contributed by atoms with van der Waals surface area (Å²) in [6.45, 7) is 25.6. The first-order valence-corrected chi connectivity index (χ1v) is 14.5.